The van der Waals surface area contributed by atoms with Crippen molar-refractivity contribution in [2.24, 2.45) is 17.6 Å². The molecular formula is C14H26N2O2. The van der Waals surface area contributed by atoms with Crippen LogP contribution in [0.2, 0.25) is 0 Å². The Balaban J connectivity index is 1.81. The van der Waals surface area contributed by atoms with Crippen LogP contribution < -0.4 is 11.1 Å². The van der Waals surface area contributed by atoms with Crippen molar-refractivity contribution >= 4 is 5.91 Å². The first-order valence-corrected chi connectivity index (χ1v) is 7.32. The Morgan fingerprint density at radius 2 is 1.89 bits per heavy atom. The summed E-state index contributed by atoms with van der Waals surface area (Å²) in [6.45, 7) is 3.77. The minimum atomic E-state index is 0.0287. The lowest BCUT2D eigenvalue weighted by Crippen LogP contribution is -2.48. The van der Waals surface area contributed by atoms with Crippen LogP contribution >= 0.6 is 0 Å². The largest absolute Gasteiger partial charge is 0.381 e. The topological polar surface area (TPSA) is 64.4 Å². The van der Waals surface area contributed by atoms with E-state index in [9.17, 15) is 4.79 Å². The molecule has 3 atom stereocenters. The summed E-state index contributed by atoms with van der Waals surface area (Å²) in [4.78, 5) is 12.2. The Hall–Kier alpha value is -0.610. The van der Waals surface area contributed by atoms with Crippen molar-refractivity contribution in [2.45, 2.75) is 57.5 Å². The Morgan fingerprint density at radius 3 is 2.56 bits per heavy atom. The maximum atomic E-state index is 12.2. The van der Waals surface area contributed by atoms with E-state index >= 15 is 0 Å². The Bertz CT molecular complexity index is 277. The number of carbonyl (C=O) groups excluding carboxylic acids is 1. The maximum Gasteiger partial charge on any atom is 0.224 e. The van der Waals surface area contributed by atoms with E-state index in [1.807, 2.05) is 0 Å². The molecule has 18 heavy (non-hydrogen) atoms. The number of hydrogen-bond acceptors (Lipinski definition) is 3. The zero-order valence-corrected chi connectivity index (χ0v) is 11.4. The van der Waals surface area contributed by atoms with E-state index in [-0.39, 0.29) is 23.9 Å². The summed E-state index contributed by atoms with van der Waals surface area (Å²) in [6, 6.07) is 0.302. The minimum Gasteiger partial charge on any atom is -0.381 e. The van der Waals surface area contributed by atoms with E-state index in [1.165, 1.54) is 6.42 Å². The molecular weight excluding hydrogens is 228 g/mol. The van der Waals surface area contributed by atoms with Gasteiger partial charge in [-0.2, -0.15) is 0 Å². The van der Waals surface area contributed by atoms with Gasteiger partial charge in [-0.15, -0.1) is 0 Å². The van der Waals surface area contributed by atoms with Gasteiger partial charge in [-0.25, -0.2) is 0 Å². The van der Waals surface area contributed by atoms with E-state index in [4.69, 9.17) is 10.5 Å². The Kier molecular flexibility index (Phi) is 5.01. The maximum absolute atomic E-state index is 12.2. The molecule has 104 valence electrons. The molecule has 2 aliphatic rings. The van der Waals surface area contributed by atoms with E-state index in [0.717, 1.165) is 45.3 Å². The molecule has 1 aliphatic carbocycles. The van der Waals surface area contributed by atoms with E-state index in [1.54, 1.807) is 0 Å². The van der Waals surface area contributed by atoms with Crippen molar-refractivity contribution in [2.75, 3.05) is 13.2 Å². The third-order valence-corrected chi connectivity index (χ3v) is 4.50. The average molecular weight is 254 g/mol. The normalized spacial score (nSPS) is 31.9. The molecule has 0 bridgehead atoms. The summed E-state index contributed by atoms with van der Waals surface area (Å²) in [5, 5.41) is 3.18. The number of nitrogens with one attached hydrogen (secondary N) is 1. The number of nitrogens with two attached hydrogens (primary N) is 1. The van der Waals surface area contributed by atoms with Crippen molar-refractivity contribution < 1.29 is 9.53 Å². The van der Waals surface area contributed by atoms with Gasteiger partial charge in [0.05, 0.1) is 5.92 Å². The third kappa shape index (κ3) is 3.45. The van der Waals surface area contributed by atoms with Crippen molar-refractivity contribution in [1.29, 1.82) is 0 Å². The SMILES string of the molecule is CC(NC(=O)C1CCCCC1N)C1CCOCC1. The standard InChI is InChI=1S/C14H26N2O2/c1-10(11-6-8-18-9-7-11)16-14(17)12-4-2-3-5-13(12)15/h10-13H,2-9,15H2,1H3,(H,16,17). The first kappa shape index (κ1) is 13.8. The fraction of sp³-hybridized carbons (Fsp3) is 0.929. The van der Waals surface area contributed by atoms with Gasteiger partial charge in [0.2, 0.25) is 5.91 Å². The van der Waals surface area contributed by atoms with Crippen LogP contribution in [0.5, 0.6) is 0 Å². The molecule has 4 nitrogen and oxygen atoms in total. The van der Waals surface area contributed by atoms with Gasteiger partial charge in [-0.05, 0) is 38.5 Å². The molecule has 4 heteroatoms. The number of rotatable bonds is 3. The number of amides is 1. The van der Waals surface area contributed by atoms with Crippen LogP contribution in [0, 0.1) is 11.8 Å². The van der Waals surface area contributed by atoms with Crippen molar-refractivity contribution in [1.82, 2.24) is 5.32 Å². The van der Waals surface area contributed by atoms with Gasteiger partial charge in [0.1, 0.15) is 0 Å². The lowest BCUT2D eigenvalue weighted by Gasteiger charge is -2.32. The fourth-order valence-electron chi connectivity index (χ4n) is 3.15. The number of hydrogen-bond donors (Lipinski definition) is 2. The molecule has 1 heterocycles. The lowest BCUT2D eigenvalue weighted by atomic mass is 9.84. The van der Waals surface area contributed by atoms with Gasteiger partial charge in [0.15, 0.2) is 0 Å². The molecule has 0 aromatic carbocycles. The Morgan fingerprint density at radius 1 is 1.22 bits per heavy atom. The molecule has 2 rings (SSSR count). The van der Waals surface area contributed by atoms with Crippen molar-refractivity contribution in [3.8, 4) is 0 Å². The van der Waals surface area contributed by atoms with E-state index < -0.39 is 0 Å². The third-order valence-electron chi connectivity index (χ3n) is 4.50. The summed E-state index contributed by atoms with van der Waals surface area (Å²) in [6.07, 6.45) is 6.35. The van der Waals surface area contributed by atoms with Crippen LogP contribution in [0.25, 0.3) is 0 Å². The molecule has 1 saturated heterocycles. The van der Waals surface area contributed by atoms with Crippen LogP contribution in [0.3, 0.4) is 0 Å². The second kappa shape index (κ2) is 6.53. The van der Waals surface area contributed by atoms with E-state index in [0.29, 0.717) is 5.92 Å². The van der Waals surface area contributed by atoms with Crippen LogP contribution in [0.1, 0.15) is 45.4 Å². The van der Waals surface area contributed by atoms with Gasteiger partial charge < -0.3 is 15.8 Å². The summed E-state index contributed by atoms with van der Waals surface area (Å²) in [5.74, 6) is 0.754. The highest BCUT2D eigenvalue weighted by Crippen LogP contribution is 2.24. The van der Waals surface area contributed by atoms with Crippen LogP contribution in [0.4, 0.5) is 0 Å². The fourth-order valence-corrected chi connectivity index (χ4v) is 3.15. The van der Waals surface area contributed by atoms with Gasteiger partial charge in [-0.3, -0.25) is 4.79 Å². The smallest absolute Gasteiger partial charge is 0.224 e. The molecule has 0 radical (unpaired) electrons. The lowest BCUT2D eigenvalue weighted by molar-refractivity contribution is -0.127. The average Bonchev–Trinajstić information content (AvgIpc) is 2.40. The zero-order valence-electron chi connectivity index (χ0n) is 11.4. The molecule has 0 aromatic rings. The zero-order chi connectivity index (χ0) is 13.0. The number of ether oxygens (including phenoxy) is 1. The van der Waals surface area contributed by atoms with Gasteiger partial charge in [0.25, 0.3) is 0 Å². The minimum absolute atomic E-state index is 0.0287. The highest BCUT2D eigenvalue weighted by atomic mass is 16.5. The molecule has 0 aromatic heterocycles. The first-order chi connectivity index (χ1) is 8.68. The van der Waals surface area contributed by atoms with Gasteiger partial charge >= 0.3 is 0 Å². The highest BCUT2D eigenvalue weighted by Gasteiger charge is 2.30. The molecule has 1 aliphatic heterocycles. The summed E-state index contributed by atoms with van der Waals surface area (Å²) in [7, 11) is 0. The molecule has 3 N–H and O–H groups in total. The number of carbonyl (C=O) groups is 1. The van der Waals surface area contributed by atoms with Crippen molar-refractivity contribution in [3.63, 3.8) is 0 Å². The van der Waals surface area contributed by atoms with Gasteiger partial charge in [0, 0.05) is 25.3 Å². The second-order valence-corrected chi connectivity index (χ2v) is 5.80. The van der Waals surface area contributed by atoms with Crippen LogP contribution in [0.15, 0.2) is 0 Å². The first-order valence-electron chi connectivity index (χ1n) is 7.32. The molecule has 3 unspecified atom stereocenters. The second-order valence-electron chi connectivity index (χ2n) is 5.80. The monoisotopic (exact) mass is 254 g/mol. The van der Waals surface area contributed by atoms with Gasteiger partial charge in [-0.1, -0.05) is 12.8 Å². The van der Waals surface area contributed by atoms with Crippen molar-refractivity contribution in [3.05, 3.63) is 0 Å². The molecule has 2 fully saturated rings. The molecule has 0 spiro atoms. The van der Waals surface area contributed by atoms with Crippen LogP contribution in [-0.2, 0) is 9.53 Å². The summed E-state index contributed by atoms with van der Waals surface area (Å²) in [5.41, 5.74) is 6.05. The van der Waals surface area contributed by atoms with Crippen LogP contribution in [-0.4, -0.2) is 31.2 Å². The molecule has 1 saturated carbocycles. The predicted octanol–water partition coefficient (Wildman–Crippen LogP) is 1.44. The molecule has 1 amide bonds. The Labute approximate surface area is 110 Å². The quantitative estimate of drug-likeness (QED) is 0.801. The van der Waals surface area contributed by atoms with E-state index in [2.05, 4.69) is 12.2 Å². The summed E-state index contributed by atoms with van der Waals surface area (Å²) < 4.78 is 5.36. The highest BCUT2D eigenvalue weighted by molar-refractivity contribution is 5.79. The summed E-state index contributed by atoms with van der Waals surface area (Å²) >= 11 is 0. The predicted molar refractivity (Wildman–Crippen MR) is 71.1 cm³/mol.